The van der Waals surface area contributed by atoms with Crippen LogP contribution in [0.25, 0.3) is 0 Å². The molecule has 1 aromatic rings. The van der Waals surface area contributed by atoms with E-state index in [4.69, 9.17) is 0 Å². The highest BCUT2D eigenvalue weighted by molar-refractivity contribution is 5.36. The number of hydrogen-bond donors (Lipinski definition) is 1. The molecule has 0 radical (unpaired) electrons. The minimum Gasteiger partial charge on any atom is -0.364 e. The van der Waals surface area contributed by atoms with Crippen molar-refractivity contribution in [1.29, 1.82) is 0 Å². The lowest BCUT2D eigenvalue weighted by Gasteiger charge is -2.23. The zero-order valence-corrected chi connectivity index (χ0v) is 9.52. The van der Waals surface area contributed by atoms with Crippen molar-refractivity contribution >= 4 is 0 Å². The van der Waals surface area contributed by atoms with Crippen molar-refractivity contribution in [3.63, 3.8) is 0 Å². The maximum atomic E-state index is 3.52. The summed E-state index contributed by atoms with van der Waals surface area (Å²) < 4.78 is 0. The Hall–Kier alpha value is -0.720. The molecule has 1 nitrogen and oxygen atoms in total. The molecule has 15 heavy (non-hydrogen) atoms. The SMILES string of the molecule is c1[nH]c2c3c1CCCCCCC3CCC2. The van der Waals surface area contributed by atoms with Gasteiger partial charge in [0.2, 0.25) is 0 Å². The number of aromatic amines is 1. The van der Waals surface area contributed by atoms with Crippen molar-refractivity contribution in [2.45, 2.75) is 63.7 Å². The van der Waals surface area contributed by atoms with Crippen molar-refractivity contribution in [2.24, 2.45) is 0 Å². The first-order chi connectivity index (χ1) is 7.45. The topological polar surface area (TPSA) is 15.8 Å². The van der Waals surface area contributed by atoms with E-state index in [2.05, 4.69) is 11.2 Å². The van der Waals surface area contributed by atoms with Crippen LogP contribution in [-0.2, 0) is 12.8 Å². The summed E-state index contributed by atoms with van der Waals surface area (Å²) in [5.74, 6) is 0.896. The molecule has 1 heteroatoms. The van der Waals surface area contributed by atoms with E-state index in [0.29, 0.717) is 0 Å². The van der Waals surface area contributed by atoms with E-state index < -0.39 is 0 Å². The second-order valence-corrected chi connectivity index (χ2v) is 5.25. The highest BCUT2D eigenvalue weighted by Crippen LogP contribution is 2.38. The van der Waals surface area contributed by atoms with Gasteiger partial charge in [-0.2, -0.15) is 0 Å². The fraction of sp³-hybridized carbons (Fsp3) is 0.714. The minimum absolute atomic E-state index is 0.896. The summed E-state index contributed by atoms with van der Waals surface area (Å²) in [4.78, 5) is 3.52. The van der Waals surface area contributed by atoms with Crippen LogP contribution in [-0.4, -0.2) is 4.98 Å². The van der Waals surface area contributed by atoms with Crippen molar-refractivity contribution in [2.75, 3.05) is 0 Å². The molecule has 0 bridgehead atoms. The molecule has 3 rings (SSSR count). The molecule has 0 saturated heterocycles. The Labute approximate surface area is 92.3 Å². The molecule has 1 atom stereocenters. The van der Waals surface area contributed by atoms with Gasteiger partial charge in [0.15, 0.2) is 0 Å². The number of hydrogen-bond acceptors (Lipinski definition) is 0. The number of aryl methyl sites for hydroxylation is 2. The van der Waals surface area contributed by atoms with Crippen molar-refractivity contribution in [3.05, 3.63) is 23.0 Å². The third kappa shape index (κ3) is 1.73. The Morgan fingerprint density at radius 2 is 1.80 bits per heavy atom. The number of rotatable bonds is 0. The standard InChI is InChI=1S/C14H21N/c1-2-4-7-12-10-15-13-9-5-8-11(6-3-1)14(12)13/h10-11,15H,1-9H2. The van der Waals surface area contributed by atoms with Crippen LogP contribution >= 0.6 is 0 Å². The van der Waals surface area contributed by atoms with Gasteiger partial charge in [-0.3, -0.25) is 0 Å². The first-order valence-corrected chi connectivity index (χ1v) is 6.64. The molecule has 82 valence electrons. The molecule has 2 aliphatic rings. The smallest absolute Gasteiger partial charge is 0.0185 e. The van der Waals surface area contributed by atoms with Crippen molar-refractivity contribution in [1.82, 2.24) is 4.98 Å². The predicted molar refractivity (Wildman–Crippen MR) is 63.3 cm³/mol. The normalized spacial score (nSPS) is 26.3. The van der Waals surface area contributed by atoms with Crippen LogP contribution in [0.1, 0.15) is 67.7 Å². The molecule has 0 saturated carbocycles. The lowest BCUT2D eigenvalue weighted by molar-refractivity contribution is 0.492. The van der Waals surface area contributed by atoms with Crippen LogP contribution < -0.4 is 0 Å². The summed E-state index contributed by atoms with van der Waals surface area (Å²) in [6, 6.07) is 0. The van der Waals surface area contributed by atoms with Gasteiger partial charge in [0.25, 0.3) is 0 Å². The zero-order chi connectivity index (χ0) is 10.1. The summed E-state index contributed by atoms with van der Waals surface area (Å²) in [7, 11) is 0. The first-order valence-electron chi connectivity index (χ1n) is 6.64. The summed E-state index contributed by atoms with van der Waals surface area (Å²) in [5.41, 5.74) is 4.96. The van der Waals surface area contributed by atoms with Gasteiger partial charge in [-0.05, 0) is 55.6 Å². The van der Waals surface area contributed by atoms with E-state index in [1.165, 1.54) is 57.8 Å². The number of aromatic nitrogens is 1. The molecule has 0 aromatic carbocycles. The van der Waals surface area contributed by atoms with E-state index in [1.807, 2.05) is 0 Å². The molecule has 0 fully saturated rings. The highest BCUT2D eigenvalue weighted by atomic mass is 14.7. The first kappa shape index (κ1) is 9.50. The minimum atomic E-state index is 0.896. The molecule has 1 aromatic heterocycles. The molecule has 2 aliphatic carbocycles. The van der Waals surface area contributed by atoms with Crippen molar-refractivity contribution < 1.29 is 0 Å². The molecule has 0 aliphatic heterocycles. The van der Waals surface area contributed by atoms with E-state index in [0.717, 1.165) is 5.92 Å². The molecular weight excluding hydrogens is 182 g/mol. The summed E-state index contributed by atoms with van der Waals surface area (Å²) in [5, 5.41) is 0. The largest absolute Gasteiger partial charge is 0.364 e. The molecular formula is C14H21N. The Balaban J connectivity index is 1.97. The predicted octanol–water partition coefficient (Wildman–Crippen LogP) is 3.94. The maximum Gasteiger partial charge on any atom is 0.0185 e. The van der Waals surface area contributed by atoms with Crippen LogP contribution in [0.15, 0.2) is 6.20 Å². The van der Waals surface area contributed by atoms with Crippen LogP contribution in [0.3, 0.4) is 0 Å². The monoisotopic (exact) mass is 203 g/mol. The molecule has 0 amide bonds. The molecule has 1 N–H and O–H groups in total. The van der Waals surface area contributed by atoms with Crippen LogP contribution in [0, 0.1) is 0 Å². The van der Waals surface area contributed by atoms with Gasteiger partial charge in [0.1, 0.15) is 0 Å². The van der Waals surface area contributed by atoms with Crippen molar-refractivity contribution in [3.8, 4) is 0 Å². The van der Waals surface area contributed by atoms with Crippen LogP contribution in [0.4, 0.5) is 0 Å². The van der Waals surface area contributed by atoms with Gasteiger partial charge in [-0.25, -0.2) is 0 Å². The van der Waals surface area contributed by atoms with Gasteiger partial charge in [0.05, 0.1) is 0 Å². The third-order valence-electron chi connectivity index (χ3n) is 4.23. The van der Waals surface area contributed by atoms with Gasteiger partial charge in [-0.15, -0.1) is 0 Å². The van der Waals surface area contributed by atoms with Gasteiger partial charge < -0.3 is 4.98 Å². The average molecular weight is 203 g/mol. The molecule has 1 unspecified atom stereocenters. The van der Waals surface area contributed by atoms with Gasteiger partial charge in [-0.1, -0.05) is 19.3 Å². The summed E-state index contributed by atoms with van der Waals surface area (Å²) >= 11 is 0. The van der Waals surface area contributed by atoms with E-state index in [-0.39, 0.29) is 0 Å². The number of H-pyrrole nitrogens is 1. The summed E-state index contributed by atoms with van der Waals surface area (Å²) in [6.07, 6.45) is 15.0. The quantitative estimate of drug-likeness (QED) is 0.657. The Morgan fingerprint density at radius 3 is 2.80 bits per heavy atom. The van der Waals surface area contributed by atoms with Gasteiger partial charge >= 0.3 is 0 Å². The van der Waals surface area contributed by atoms with E-state index in [1.54, 1.807) is 16.8 Å². The highest BCUT2D eigenvalue weighted by Gasteiger charge is 2.24. The van der Waals surface area contributed by atoms with Crippen LogP contribution in [0.5, 0.6) is 0 Å². The molecule has 1 heterocycles. The lowest BCUT2D eigenvalue weighted by Crippen LogP contribution is -2.09. The maximum absolute atomic E-state index is 3.52. The third-order valence-corrected chi connectivity index (χ3v) is 4.23. The Kier molecular flexibility index (Phi) is 2.56. The zero-order valence-electron chi connectivity index (χ0n) is 9.52. The van der Waals surface area contributed by atoms with E-state index in [9.17, 15) is 0 Å². The Bertz CT molecular complexity index is 337. The van der Waals surface area contributed by atoms with Crippen LogP contribution in [0.2, 0.25) is 0 Å². The fourth-order valence-electron chi connectivity index (χ4n) is 3.46. The second-order valence-electron chi connectivity index (χ2n) is 5.25. The number of nitrogens with one attached hydrogen (secondary N) is 1. The Morgan fingerprint density at radius 1 is 0.933 bits per heavy atom. The second kappa shape index (κ2) is 4.03. The summed E-state index contributed by atoms with van der Waals surface area (Å²) in [6.45, 7) is 0. The molecule has 0 spiro atoms. The van der Waals surface area contributed by atoms with E-state index >= 15 is 0 Å². The van der Waals surface area contributed by atoms with Gasteiger partial charge in [0, 0.05) is 11.9 Å². The average Bonchev–Trinajstić information content (AvgIpc) is 2.70. The fourth-order valence-corrected chi connectivity index (χ4v) is 3.46. The lowest BCUT2D eigenvalue weighted by atomic mass is 9.82.